The van der Waals surface area contributed by atoms with Crippen LogP contribution < -0.4 is 27.8 Å². The summed E-state index contributed by atoms with van der Waals surface area (Å²) in [6.07, 6.45) is 0.982. The van der Waals surface area contributed by atoms with Gasteiger partial charge in [-0.25, -0.2) is 4.79 Å². The highest BCUT2D eigenvalue weighted by atomic mass is 16.4. The number of benzene rings is 2. The number of guanidine groups is 1. The van der Waals surface area contributed by atoms with Gasteiger partial charge in [0.25, 0.3) is 0 Å². The minimum absolute atomic E-state index is 0.0799. The molecule has 0 radical (unpaired) electrons. The Morgan fingerprint density at radius 2 is 1.35 bits per heavy atom. The summed E-state index contributed by atoms with van der Waals surface area (Å²) in [6.45, 7) is 0.254. The molecule has 9 N–H and O–H groups in total. The van der Waals surface area contributed by atoms with E-state index in [9.17, 15) is 19.5 Å². The van der Waals surface area contributed by atoms with Crippen molar-refractivity contribution in [3.05, 3.63) is 71.8 Å². The second kappa shape index (κ2) is 13.6. The molecular weight excluding hydrogens is 436 g/mol. The number of hydrogen-bond acceptors (Lipinski definition) is 5. The van der Waals surface area contributed by atoms with Gasteiger partial charge in [0.15, 0.2) is 5.96 Å². The van der Waals surface area contributed by atoms with Crippen LogP contribution in [0.2, 0.25) is 0 Å². The van der Waals surface area contributed by atoms with Gasteiger partial charge in [-0.1, -0.05) is 60.7 Å². The third-order valence-electron chi connectivity index (χ3n) is 5.11. The molecule has 2 aromatic rings. The van der Waals surface area contributed by atoms with Gasteiger partial charge in [-0.05, 0) is 30.4 Å². The van der Waals surface area contributed by atoms with Crippen molar-refractivity contribution in [3.8, 4) is 0 Å². The maximum absolute atomic E-state index is 13.0. The average molecular weight is 469 g/mol. The van der Waals surface area contributed by atoms with E-state index in [-0.39, 0.29) is 25.3 Å². The fraction of sp³-hybridized carbons (Fsp3) is 0.333. The van der Waals surface area contributed by atoms with Crippen LogP contribution in [-0.2, 0) is 27.2 Å². The van der Waals surface area contributed by atoms with Crippen molar-refractivity contribution >= 4 is 23.7 Å². The molecule has 0 bridgehead atoms. The van der Waals surface area contributed by atoms with E-state index in [2.05, 4.69) is 15.6 Å². The van der Waals surface area contributed by atoms with Crippen molar-refractivity contribution in [2.24, 2.45) is 22.2 Å². The molecule has 10 nitrogen and oxygen atoms in total. The van der Waals surface area contributed by atoms with Crippen LogP contribution in [0, 0.1) is 0 Å². The summed E-state index contributed by atoms with van der Waals surface area (Å²) >= 11 is 0. The molecule has 0 aliphatic carbocycles. The fourth-order valence-electron chi connectivity index (χ4n) is 3.33. The zero-order valence-electron chi connectivity index (χ0n) is 18.9. The molecule has 0 unspecified atom stereocenters. The van der Waals surface area contributed by atoms with Gasteiger partial charge < -0.3 is 32.9 Å². The summed E-state index contributed by atoms with van der Waals surface area (Å²) in [5.74, 6) is -2.39. The predicted molar refractivity (Wildman–Crippen MR) is 130 cm³/mol. The highest BCUT2D eigenvalue weighted by Gasteiger charge is 2.28. The monoisotopic (exact) mass is 468 g/mol. The molecule has 0 heterocycles. The highest BCUT2D eigenvalue weighted by Crippen LogP contribution is 2.07. The predicted octanol–water partition coefficient (Wildman–Crippen LogP) is -0.0931. The molecule has 0 saturated heterocycles. The van der Waals surface area contributed by atoms with Crippen LogP contribution in [-0.4, -0.2) is 53.5 Å². The summed E-state index contributed by atoms with van der Waals surface area (Å²) in [7, 11) is 0. The molecule has 10 heteroatoms. The number of hydrogen-bond donors (Lipinski definition) is 6. The Morgan fingerprint density at radius 1 is 0.824 bits per heavy atom. The number of carboxylic acid groups (broad SMARTS) is 1. The SMILES string of the molecule is NC(N)=NCCC[C@H](NC(=O)[C@@H](N)Cc1ccccc1)C(=O)N[C@@H](Cc1ccccc1)C(=O)O. The topological polar surface area (TPSA) is 186 Å². The van der Waals surface area contributed by atoms with Crippen LogP contribution in [0.3, 0.4) is 0 Å². The summed E-state index contributed by atoms with van der Waals surface area (Å²) in [6, 6.07) is 15.2. The number of carboxylic acids is 1. The Morgan fingerprint density at radius 3 is 1.88 bits per heavy atom. The van der Waals surface area contributed by atoms with Gasteiger partial charge >= 0.3 is 5.97 Å². The van der Waals surface area contributed by atoms with E-state index >= 15 is 0 Å². The molecule has 0 spiro atoms. The van der Waals surface area contributed by atoms with Gasteiger partial charge in [-0.2, -0.15) is 0 Å². The standard InChI is InChI=1S/C24H32N6O4/c25-18(14-16-8-3-1-4-9-16)21(31)29-19(12-7-13-28-24(26)27)22(32)30-20(23(33)34)15-17-10-5-2-6-11-17/h1-6,8-11,18-20H,7,12-15,25H2,(H,29,31)(H,30,32)(H,33,34)(H4,26,27,28)/t18-,19-,20-/m0/s1. The minimum Gasteiger partial charge on any atom is -0.480 e. The largest absolute Gasteiger partial charge is 0.480 e. The molecule has 0 aliphatic heterocycles. The molecule has 0 fully saturated rings. The first-order valence-corrected chi connectivity index (χ1v) is 11.0. The van der Waals surface area contributed by atoms with E-state index in [4.69, 9.17) is 17.2 Å². The van der Waals surface area contributed by atoms with Crippen molar-refractivity contribution in [2.45, 2.75) is 43.8 Å². The van der Waals surface area contributed by atoms with E-state index < -0.39 is 35.9 Å². The third kappa shape index (κ3) is 9.29. The van der Waals surface area contributed by atoms with Crippen LogP contribution in [0.25, 0.3) is 0 Å². The number of aliphatic imine (C=N–C) groups is 1. The van der Waals surface area contributed by atoms with Crippen molar-refractivity contribution in [3.63, 3.8) is 0 Å². The lowest BCUT2D eigenvalue weighted by Crippen LogP contribution is -2.55. The molecule has 3 atom stereocenters. The Balaban J connectivity index is 2.07. The van der Waals surface area contributed by atoms with Crippen LogP contribution >= 0.6 is 0 Å². The van der Waals surface area contributed by atoms with E-state index in [1.165, 1.54) is 0 Å². The quantitative estimate of drug-likeness (QED) is 0.135. The lowest BCUT2D eigenvalue weighted by atomic mass is 10.0. The Hall–Kier alpha value is -3.92. The Labute approximate surface area is 198 Å². The zero-order valence-corrected chi connectivity index (χ0v) is 18.9. The highest BCUT2D eigenvalue weighted by molar-refractivity contribution is 5.91. The fourth-order valence-corrected chi connectivity index (χ4v) is 3.33. The van der Waals surface area contributed by atoms with Crippen LogP contribution in [0.15, 0.2) is 65.7 Å². The number of rotatable bonds is 13. The van der Waals surface area contributed by atoms with Crippen LogP contribution in [0.5, 0.6) is 0 Å². The Bertz CT molecular complexity index is 964. The zero-order chi connectivity index (χ0) is 24.9. The van der Waals surface area contributed by atoms with Crippen molar-refractivity contribution < 1.29 is 19.5 Å². The third-order valence-corrected chi connectivity index (χ3v) is 5.11. The number of nitrogens with one attached hydrogen (secondary N) is 2. The van der Waals surface area contributed by atoms with Crippen molar-refractivity contribution in [2.75, 3.05) is 6.54 Å². The lowest BCUT2D eigenvalue weighted by molar-refractivity contribution is -0.142. The maximum Gasteiger partial charge on any atom is 0.326 e. The number of amides is 2. The average Bonchev–Trinajstić information content (AvgIpc) is 2.81. The number of nitrogens with two attached hydrogens (primary N) is 3. The van der Waals surface area contributed by atoms with E-state index in [0.29, 0.717) is 12.8 Å². The molecule has 182 valence electrons. The van der Waals surface area contributed by atoms with Gasteiger partial charge in [0, 0.05) is 13.0 Å². The van der Waals surface area contributed by atoms with Gasteiger partial charge in [-0.15, -0.1) is 0 Å². The molecule has 2 amide bonds. The van der Waals surface area contributed by atoms with Gasteiger partial charge in [0.2, 0.25) is 11.8 Å². The molecule has 0 saturated carbocycles. The summed E-state index contributed by atoms with van der Waals surface area (Å²) in [5.41, 5.74) is 18.4. The second-order valence-electron chi connectivity index (χ2n) is 7.90. The molecule has 34 heavy (non-hydrogen) atoms. The van der Waals surface area contributed by atoms with Gasteiger partial charge in [0.1, 0.15) is 12.1 Å². The Kier molecular flexibility index (Phi) is 10.5. The first kappa shape index (κ1) is 26.3. The first-order valence-electron chi connectivity index (χ1n) is 11.0. The second-order valence-corrected chi connectivity index (χ2v) is 7.90. The molecular formula is C24H32N6O4. The number of nitrogens with zero attached hydrogens (tertiary/aromatic N) is 1. The lowest BCUT2D eigenvalue weighted by Gasteiger charge is -2.23. The molecule has 0 aromatic heterocycles. The van der Waals surface area contributed by atoms with E-state index in [1.807, 2.05) is 36.4 Å². The molecule has 2 aromatic carbocycles. The minimum atomic E-state index is -1.18. The number of aliphatic carboxylic acids is 1. The van der Waals surface area contributed by atoms with E-state index in [0.717, 1.165) is 11.1 Å². The number of carbonyl (C=O) groups is 3. The summed E-state index contributed by atoms with van der Waals surface area (Å²) < 4.78 is 0. The summed E-state index contributed by atoms with van der Waals surface area (Å²) in [5, 5.41) is 14.8. The van der Waals surface area contributed by atoms with Gasteiger partial charge in [0.05, 0.1) is 6.04 Å². The van der Waals surface area contributed by atoms with Crippen molar-refractivity contribution in [1.82, 2.24) is 10.6 Å². The summed E-state index contributed by atoms with van der Waals surface area (Å²) in [4.78, 5) is 41.3. The number of carbonyl (C=O) groups excluding carboxylic acids is 2. The van der Waals surface area contributed by atoms with Crippen molar-refractivity contribution in [1.29, 1.82) is 0 Å². The molecule has 2 rings (SSSR count). The van der Waals surface area contributed by atoms with Gasteiger partial charge in [-0.3, -0.25) is 14.6 Å². The normalized spacial score (nSPS) is 13.2. The molecule has 0 aliphatic rings. The van der Waals surface area contributed by atoms with Crippen LogP contribution in [0.1, 0.15) is 24.0 Å². The van der Waals surface area contributed by atoms with E-state index in [1.54, 1.807) is 24.3 Å². The first-order chi connectivity index (χ1) is 16.3. The smallest absolute Gasteiger partial charge is 0.326 e. The van der Waals surface area contributed by atoms with Crippen LogP contribution in [0.4, 0.5) is 0 Å². The maximum atomic E-state index is 13.0.